The van der Waals surface area contributed by atoms with Crippen LogP contribution >= 0.6 is 0 Å². The van der Waals surface area contributed by atoms with Crippen LogP contribution in [0.1, 0.15) is 29.5 Å². The predicted molar refractivity (Wildman–Crippen MR) is 87.6 cm³/mol. The fourth-order valence-corrected chi connectivity index (χ4v) is 2.71. The van der Waals surface area contributed by atoms with Crippen LogP contribution in [0.5, 0.6) is 0 Å². The molecule has 0 spiro atoms. The first-order valence-electron chi connectivity index (χ1n) is 7.65. The molecule has 1 aliphatic carbocycles. The fourth-order valence-electron chi connectivity index (χ4n) is 2.71. The Kier molecular flexibility index (Phi) is 3.26. The summed E-state index contributed by atoms with van der Waals surface area (Å²) in [5.74, 6) is 3.68. The van der Waals surface area contributed by atoms with Gasteiger partial charge in [-0.05, 0) is 44.9 Å². The second-order valence-corrected chi connectivity index (χ2v) is 5.60. The number of fused-ring (bicyclic) bond motifs is 1. The molecule has 0 saturated heterocycles. The van der Waals surface area contributed by atoms with E-state index in [0.29, 0.717) is 11.7 Å². The second-order valence-electron chi connectivity index (χ2n) is 5.60. The maximum Gasteiger partial charge on any atom is 0.226 e. The van der Waals surface area contributed by atoms with Crippen molar-refractivity contribution in [3.8, 4) is 22.8 Å². The highest BCUT2D eigenvalue weighted by Gasteiger charge is 2.15. The van der Waals surface area contributed by atoms with Crippen molar-refractivity contribution in [1.29, 1.82) is 0 Å². The molecule has 2 heterocycles. The Hall–Kier alpha value is -2.82. The molecule has 0 saturated carbocycles. The number of allylic oxidation sites excluding steroid dienone is 1. The van der Waals surface area contributed by atoms with E-state index in [1.165, 1.54) is 0 Å². The molecule has 0 atom stereocenters. The largest absolute Gasteiger partial charge is 0.436 e. The predicted octanol–water partition coefficient (Wildman–Crippen LogP) is 3.77. The van der Waals surface area contributed by atoms with Crippen LogP contribution in [0.4, 0.5) is 0 Å². The van der Waals surface area contributed by atoms with Gasteiger partial charge in [0.2, 0.25) is 5.89 Å². The zero-order valence-electron chi connectivity index (χ0n) is 13.1. The molecule has 5 heteroatoms. The first-order chi connectivity index (χ1) is 11.2. The fraction of sp³-hybridized carbons (Fsp3) is 0.222. The average Bonchev–Trinajstić information content (AvgIpc) is 2.98. The molecule has 0 radical (unpaired) electrons. The summed E-state index contributed by atoms with van der Waals surface area (Å²) in [5.41, 5.74) is 2.95. The molecule has 0 aliphatic heterocycles. The first-order valence-corrected chi connectivity index (χ1v) is 7.65. The number of nitrogens with zero attached hydrogens (tertiary/aromatic N) is 4. The monoisotopic (exact) mass is 304 g/mol. The average molecular weight is 304 g/mol. The third-order valence-electron chi connectivity index (χ3n) is 3.79. The topological polar surface area (TPSA) is 64.7 Å². The van der Waals surface area contributed by atoms with Crippen molar-refractivity contribution in [2.45, 2.75) is 26.7 Å². The lowest BCUT2D eigenvalue weighted by molar-refractivity contribution is 0.560. The number of benzene rings is 1. The van der Waals surface area contributed by atoms with E-state index in [0.717, 1.165) is 47.1 Å². The minimum absolute atomic E-state index is 0.663. The van der Waals surface area contributed by atoms with Gasteiger partial charge in [0.15, 0.2) is 11.6 Å². The summed E-state index contributed by atoms with van der Waals surface area (Å²) in [6.07, 6.45) is 6.08. The molecule has 2 aromatic heterocycles. The summed E-state index contributed by atoms with van der Waals surface area (Å²) >= 11 is 0. The first kappa shape index (κ1) is 13.8. The minimum atomic E-state index is 0.663. The van der Waals surface area contributed by atoms with Crippen molar-refractivity contribution in [2.75, 3.05) is 0 Å². The number of hydrogen-bond acceptors (Lipinski definition) is 5. The molecule has 0 fully saturated rings. The Morgan fingerprint density at radius 2 is 1.57 bits per heavy atom. The van der Waals surface area contributed by atoms with Crippen LogP contribution in [0.3, 0.4) is 0 Å². The van der Waals surface area contributed by atoms with Crippen molar-refractivity contribution < 1.29 is 4.42 Å². The summed E-state index contributed by atoms with van der Waals surface area (Å²) in [7, 11) is 0. The molecule has 4 rings (SSSR count). The highest BCUT2D eigenvalue weighted by atomic mass is 16.4. The van der Waals surface area contributed by atoms with Crippen molar-refractivity contribution in [3.63, 3.8) is 0 Å². The molecule has 3 aromatic rings. The van der Waals surface area contributed by atoms with Crippen LogP contribution in [-0.2, 0) is 6.42 Å². The Morgan fingerprint density at radius 1 is 0.870 bits per heavy atom. The molecular formula is C18H16N4O. The Balaban J connectivity index is 1.68. The Bertz CT molecular complexity index is 874. The van der Waals surface area contributed by atoms with Gasteiger partial charge < -0.3 is 4.42 Å². The van der Waals surface area contributed by atoms with Crippen molar-refractivity contribution in [3.05, 3.63) is 53.4 Å². The summed E-state index contributed by atoms with van der Waals surface area (Å²) in [6, 6.07) is 7.96. The maximum absolute atomic E-state index is 5.84. The third-order valence-corrected chi connectivity index (χ3v) is 3.79. The molecule has 23 heavy (non-hydrogen) atoms. The third kappa shape index (κ3) is 2.65. The van der Waals surface area contributed by atoms with Gasteiger partial charge in [-0.3, -0.25) is 0 Å². The van der Waals surface area contributed by atoms with E-state index >= 15 is 0 Å². The van der Waals surface area contributed by atoms with E-state index in [1.807, 2.05) is 44.2 Å². The van der Waals surface area contributed by atoms with Crippen molar-refractivity contribution >= 4 is 6.08 Å². The van der Waals surface area contributed by atoms with Crippen LogP contribution < -0.4 is 0 Å². The normalized spacial score (nSPS) is 13.1. The quantitative estimate of drug-likeness (QED) is 0.721. The SMILES string of the molecule is Cc1nc(C)nc(-c2ccc(-c3nc4c(o3)C=CCC4)cc2)n1. The van der Waals surface area contributed by atoms with Gasteiger partial charge in [-0.2, -0.15) is 0 Å². The Morgan fingerprint density at radius 3 is 2.26 bits per heavy atom. The van der Waals surface area contributed by atoms with Gasteiger partial charge in [-0.1, -0.05) is 18.2 Å². The Labute approximate surface area is 134 Å². The van der Waals surface area contributed by atoms with Crippen LogP contribution in [0, 0.1) is 13.8 Å². The van der Waals surface area contributed by atoms with Gasteiger partial charge in [0.05, 0.1) is 5.69 Å². The van der Waals surface area contributed by atoms with Crippen molar-refractivity contribution in [1.82, 2.24) is 19.9 Å². The molecule has 114 valence electrons. The lowest BCUT2D eigenvalue weighted by Gasteiger charge is -2.03. The summed E-state index contributed by atoms with van der Waals surface area (Å²) in [6.45, 7) is 3.74. The van der Waals surface area contributed by atoms with Gasteiger partial charge in [-0.25, -0.2) is 19.9 Å². The molecule has 0 N–H and O–H groups in total. The highest BCUT2D eigenvalue weighted by Crippen LogP contribution is 2.27. The second kappa shape index (κ2) is 5.43. The van der Waals surface area contributed by atoms with Gasteiger partial charge in [0, 0.05) is 11.1 Å². The van der Waals surface area contributed by atoms with Gasteiger partial charge in [-0.15, -0.1) is 0 Å². The van der Waals surface area contributed by atoms with Crippen LogP contribution in [-0.4, -0.2) is 19.9 Å². The number of rotatable bonds is 2. The van der Waals surface area contributed by atoms with Crippen LogP contribution in [0.2, 0.25) is 0 Å². The highest BCUT2D eigenvalue weighted by molar-refractivity contribution is 5.63. The molecule has 1 aromatic carbocycles. The summed E-state index contributed by atoms with van der Waals surface area (Å²) in [4.78, 5) is 17.6. The molecular weight excluding hydrogens is 288 g/mol. The molecule has 5 nitrogen and oxygen atoms in total. The zero-order valence-corrected chi connectivity index (χ0v) is 13.1. The van der Waals surface area contributed by atoms with E-state index in [1.54, 1.807) is 0 Å². The van der Waals surface area contributed by atoms with E-state index in [9.17, 15) is 0 Å². The summed E-state index contributed by atoms with van der Waals surface area (Å²) in [5, 5.41) is 0. The van der Waals surface area contributed by atoms with Gasteiger partial charge in [0.1, 0.15) is 11.6 Å². The van der Waals surface area contributed by atoms with E-state index in [4.69, 9.17) is 4.42 Å². The number of aryl methyl sites for hydroxylation is 3. The summed E-state index contributed by atoms with van der Waals surface area (Å²) < 4.78 is 5.84. The van der Waals surface area contributed by atoms with Crippen molar-refractivity contribution in [2.24, 2.45) is 0 Å². The molecule has 0 bridgehead atoms. The van der Waals surface area contributed by atoms with E-state index in [-0.39, 0.29) is 0 Å². The lowest BCUT2D eigenvalue weighted by atomic mass is 10.1. The number of hydrogen-bond donors (Lipinski definition) is 0. The molecule has 0 unspecified atom stereocenters. The minimum Gasteiger partial charge on any atom is -0.436 e. The number of aromatic nitrogens is 4. The smallest absolute Gasteiger partial charge is 0.226 e. The maximum atomic E-state index is 5.84. The number of oxazole rings is 1. The van der Waals surface area contributed by atoms with Crippen LogP contribution in [0.25, 0.3) is 28.9 Å². The lowest BCUT2D eigenvalue weighted by Crippen LogP contribution is -1.98. The standard InChI is InChI=1S/C18H16N4O/c1-11-19-12(2)21-17(20-11)13-7-9-14(10-8-13)18-22-15-5-3-4-6-16(15)23-18/h4,6-10H,3,5H2,1-2H3. The van der Waals surface area contributed by atoms with Crippen LogP contribution in [0.15, 0.2) is 34.8 Å². The van der Waals surface area contributed by atoms with E-state index < -0.39 is 0 Å². The zero-order chi connectivity index (χ0) is 15.8. The van der Waals surface area contributed by atoms with Gasteiger partial charge >= 0.3 is 0 Å². The molecule has 1 aliphatic rings. The van der Waals surface area contributed by atoms with Gasteiger partial charge in [0.25, 0.3) is 0 Å². The molecule has 0 amide bonds. The van der Waals surface area contributed by atoms with E-state index in [2.05, 4.69) is 26.0 Å².